The lowest BCUT2D eigenvalue weighted by molar-refractivity contribution is -0.137. The van der Waals surface area contributed by atoms with Crippen molar-refractivity contribution in [3.8, 4) is 0 Å². The van der Waals surface area contributed by atoms with Gasteiger partial charge in [0.15, 0.2) is 0 Å². The number of benzene rings is 1. The Balaban J connectivity index is 1.47. The molecule has 0 bridgehead atoms. The molecule has 0 saturated heterocycles. The number of aromatic nitrogens is 1. The summed E-state index contributed by atoms with van der Waals surface area (Å²) in [4.78, 5) is 28.8. The van der Waals surface area contributed by atoms with Crippen LogP contribution < -0.4 is 10.6 Å². The molecule has 1 fully saturated rings. The van der Waals surface area contributed by atoms with Gasteiger partial charge in [-0.15, -0.1) is 0 Å². The minimum absolute atomic E-state index is 0.238. The summed E-state index contributed by atoms with van der Waals surface area (Å²) < 4.78 is 12.9. The van der Waals surface area contributed by atoms with Gasteiger partial charge in [0.05, 0.1) is 0 Å². The average Bonchev–Trinajstić information content (AvgIpc) is 3.44. The maximum Gasteiger partial charge on any atom is 0.235 e. The second-order valence-corrected chi connectivity index (χ2v) is 6.26. The Kier molecular flexibility index (Phi) is 5.07. The average molecular weight is 341 g/mol. The maximum atomic E-state index is 12.9. The van der Waals surface area contributed by atoms with Crippen LogP contribution in [0.1, 0.15) is 24.0 Å². The Morgan fingerprint density at radius 3 is 2.40 bits per heavy atom. The van der Waals surface area contributed by atoms with Gasteiger partial charge in [0, 0.05) is 25.5 Å². The zero-order chi connectivity index (χ0) is 17.7. The highest BCUT2D eigenvalue weighted by Gasteiger charge is 2.56. The van der Waals surface area contributed by atoms with Crippen molar-refractivity contribution >= 4 is 11.8 Å². The molecule has 25 heavy (non-hydrogen) atoms. The van der Waals surface area contributed by atoms with Gasteiger partial charge in [-0.3, -0.25) is 14.6 Å². The van der Waals surface area contributed by atoms with Crippen LogP contribution in [0.5, 0.6) is 0 Å². The molecule has 0 unspecified atom stereocenters. The molecule has 6 heteroatoms. The van der Waals surface area contributed by atoms with Crippen LogP contribution in [0.4, 0.5) is 4.39 Å². The molecular formula is C19H20FN3O2. The predicted octanol–water partition coefficient (Wildman–Crippen LogP) is 1.98. The summed E-state index contributed by atoms with van der Waals surface area (Å²) in [5.41, 5.74) is 0.890. The number of hydrogen-bond acceptors (Lipinski definition) is 3. The molecule has 0 radical (unpaired) electrons. The molecule has 2 amide bonds. The fraction of sp³-hybridized carbons (Fsp3) is 0.316. The van der Waals surface area contributed by atoms with Crippen LogP contribution in [0.3, 0.4) is 0 Å². The zero-order valence-corrected chi connectivity index (χ0v) is 13.8. The highest BCUT2D eigenvalue weighted by Crippen LogP contribution is 2.46. The third-order valence-corrected chi connectivity index (χ3v) is 4.41. The van der Waals surface area contributed by atoms with Crippen molar-refractivity contribution in [1.82, 2.24) is 15.6 Å². The molecule has 130 valence electrons. The molecule has 3 rings (SSSR count). The van der Waals surface area contributed by atoms with E-state index in [0.29, 0.717) is 32.4 Å². The van der Waals surface area contributed by atoms with Gasteiger partial charge in [0.25, 0.3) is 0 Å². The molecule has 0 aliphatic heterocycles. The monoisotopic (exact) mass is 341 g/mol. The van der Waals surface area contributed by atoms with E-state index in [9.17, 15) is 14.0 Å². The van der Waals surface area contributed by atoms with E-state index in [1.165, 1.54) is 12.1 Å². The van der Waals surface area contributed by atoms with E-state index in [0.717, 1.165) is 11.1 Å². The Bertz CT molecular complexity index is 743. The second-order valence-electron chi connectivity index (χ2n) is 6.26. The van der Waals surface area contributed by atoms with Gasteiger partial charge in [-0.25, -0.2) is 4.39 Å². The number of halogens is 1. The SMILES string of the molecule is O=C(NCCc1ccc(F)cc1)C1(C(=O)NCc2cccnc2)CC1. The van der Waals surface area contributed by atoms with Crippen LogP contribution in [-0.2, 0) is 22.6 Å². The number of nitrogens with one attached hydrogen (secondary N) is 2. The minimum atomic E-state index is -0.939. The highest BCUT2D eigenvalue weighted by molar-refractivity contribution is 6.07. The number of amides is 2. The highest BCUT2D eigenvalue weighted by atomic mass is 19.1. The number of pyridine rings is 1. The lowest BCUT2D eigenvalue weighted by atomic mass is 10.0. The van der Waals surface area contributed by atoms with Gasteiger partial charge in [-0.2, -0.15) is 0 Å². The quantitative estimate of drug-likeness (QED) is 0.757. The standard InChI is InChI=1S/C19H20FN3O2/c20-16-5-3-14(4-6-16)7-11-22-17(24)19(8-9-19)18(25)23-13-15-2-1-10-21-12-15/h1-6,10,12H,7-9,11,13H2,(H,22,24)(H,23,25). The summed E-state index contributed by atoms with van der Waals surface area (Å²) in [7, 11) is 0. The molecule has 2 aromatic rings. The van der Waals surface area contributed by atoms with Crippen molar-refractivity contribution in [3.63, 3.8) is 0 Å². The Hall–Kier alpha value is -2.76. The molecule has 1 saturated carbocycles. The van der Waals surface area contributed by atoms with E-state index < -0.39 is 5.41 Å². The third-order valence-electron chi connectivity index (χ3n) is 4.41. The van der Waals surface area contributed by atoms with Gasteiger partial charge in [-0.1, -0.05) is 18.2 Å². The smallest absolute Gasteiger partial charge is 0.235 e. The fourth-order valence-electron chi connectivity index (χ4n) is 2.68. The molecule has 1 heterocycles. The molecule has 1 aromatic carbocycles. The first-order chi connectivity index (χ1) is 12.1. The number of hydrogen-bond donors (Lipinski definition) is 2. The summed E-state index contributed by atoms with van der Waals surface area (Å²) >= 11 is 0. The normalized spacial score (nSPS) is 14.6. The van der Waals surface area contributed by atoms with Crippen LogP contribution in [0.25, 0.3) is 0 Å². The summed E-state index contributed by atoms with van der Waals surface area (Å²) in [5, 5.41) is 5.64. The Labute approximate surface area is 145 Å². The summed E-state index contributed by atoms with van der Waals surface area (Å²) in [6.45, 7) is 0.777. The van der Waals surface area contributed by atoms with Gasteiger partial charge in [-0.05, 0) is 48.6 Å². The summed E-state index contributed by atoms with van der Waals surface area (Å²) in [5.74, 6) is -0.760. The van der Waals surface area contributed by atoms with Crippen molar-refractivity contribution in [2.75, 3.05) is 6.54 Å². The van der Waals surface area contributed by atoms with E-state index in [1.807, 2.05) is 6.07 Å². The first-order valence-electron chi connectivity index (χ1n) is 8.30. The van der Waals surface area contributed by atoms with E-state index in [2.05, 4.69) is 15.6 Å². The van der Waals surface area contributed by atoms with Crippen molar-refractivity contribution in [1.29, 1.82) is 0 Å². The van der Waals surface area contributed by atoms with Crippen molar-refractivity contribution in [3.05, 3.63) is 65.7 Å². The molecular weight excluding hydrogens is 321 g/mol. The van der Waals surface area contributed by atoms with Crippen LogP contribution in [0, 0.1) is 11.2 Å². The molecule has 1 aliphatic rings. The van der Waals surface area contributed by atoms with Gasteiger partial charge >= 0.3 is 0 Å². The van der Waals surface area contributed by atoms with Crippen LogP contribution >= 0.6 is 0 Å². The first-order valence-corrected chi connectivity index (χ1v) is 8.30. The Morgan fingerprint density at radius 2 is 1.76 bits per heavy atom. The Morgan fingerprint density at radius 1 is 1.04 bits per heavy atom. The van der Waals surface area contributed by atoms with E-state index >= 15 is 0 Å². The molecule has 1 aliphatic carbocycles. The number of nitrogens with zero attached hydrogens (tertiary/aromatic N) is 1. The number of carbonyl (C=O) groups excluding carboxylic acids is 2. The topological polar surface area (TPSA) is 71.1 Å². The lowest BCUT2D eigenvalue weighted by Gasteiger charge is -2.15. The molecule has 0 spiro atoms. The van der Waals surface area contributed by atoms with E-state index in [-0.39, 0.29) is 17.6 Å². The van der Waals surface area contributed by atoms with Crippen molar-refractivity contribution in [2.24, 2.45) is 5.41 Å². The lowest BCUT2D eigenvalue weighted by Crippen LogP contribution is -2.43. The van der Waals surface area contributed by atoms with Crippen LogP contribution in [0.15, 0.2) is 48.8 Å². The summed E-state index contributed by atoms with van der Waals surface area (Å²) in [6, 6.07) is 9.84. The first kappa shape index (κ1) is 17.1. The largest absolute Gasteiger partial charge is 0.355 e. The number of rotatable bonds is 7. The molecule has 5 nitrogen and oxygen atoms in total. The van der Waals surface area contributed by atoms with Crippen molar-refractivity contribution < 1.29 is 14.0 Å². The van der Waals surface area contributed by atoms with E-state index in [4.69, 9.17) is 0 Å². The maximum absolute atomic E-state index is 12.9. The van der Waals surface area contributed by atoms with Crippen molar-refractivity contribution in [2.45, 2.75) is 25.8 Å². The van der Waals surface area contributed by atoms with Gasteiger partial charge in [0.1, 0.15) is 11.2 Å². The second kappa shape index (κ2) is 7.42. The molecule has 0 atom stereocenters. The number of carbonyl (C=O) groups is 2. The van der Waals surface area contributed by atoms with Crippen LogP contribution in [0.2, 0.25) is 0 Å². The minimum Gasteiger partial charge on any atom is -0.355 e. The fourth-order valence-corrected chi connectivity index (χ4v) is 2.68. The predicted molar refractivity (Wildman–Crippen MR) is 90.9 cm³/mol. The molecule has 2 N–H and O–H groups in total. The van der Waals surface area contributed by atoms with Crippen LogP contribution in [-0.4, -0.2) is 23.3 Å². The zero-order valence-electron chi connectivity index (χ0n) is 13.8. The van der Waals surface area contributed by atoms with Gasteiger partial charge in [0.2, 0.25) is 11.8 Å². The van der Waals surface area contributed by atoms with Gasteiger partial charge < -0.3 is 10.6 Å². The molecule has 1 aromatic heterocycles. The summed E-state index contributed by atoms with van der Waals surface area (Å²) in [6.07, 6.45) is 5.08. The third kappa shape index (κ3) is 4.21. The van der Waals surface area contributed by atoms with E-state index in [1.54, 1.807) is 30.6 Å².